The quantitative estimate of drug-likeness (QED) is 0.789. The van der Waals surface area contributed by atoms with E-state index in [4.69, 9.17) is 4.74 Å². The highest BCUT2D eigenvalue weighted by Crippen LogP contribution is 2.28. The van der Waals surface area contributed by atoms with Crippen molar-refractivity contribution in [2.45, 2.75) is 51.2 Å². The first-order valence-electron chi connectivity index (χ1n) is 6.66. The molecule has 2 rings (SSSR count). The fraction of sp³-hybridized carbons (Fsp3) is 0.923. The summed E-state index contributed by atoms with van der Waals surface area (Å²) in [4.78, 5) is 14.2. The van der Waals surface area contributed by atoms with Gasteiger partial charge in [0.1, 0.15) is 0 Å². The Kier molecular flexibility index (Phi) is 3.73. The largest absolute Gasteiger partial charge is 0.388 e. The lowest BCUT2D eigenvalue weighted by atomic mass is 9.92. The zero-order chi connectivity index (χ0) is 12.5. The molecular weight excluding hydrogens is 218 g/mol. The van der Waals surface area contributed by atoms with Crippen molar-refractivity contribution in [2.75, 3.05) is 19.7 Å². The molecule has 0 aromatic rings. The predicted molar refractivity (Wildman–Crippen MR) is 64.6 cm³/mol. The molecule has 2 aliphatic heterocycles. The number of piperidine rings is 1. The minimum absolute atomic E-state index is 0.00824. The number of likely N-dealkylation sites (tertiary alicyclic amines) is 1. The van der Waals surface area contributed by atoms with Gasteiger partial charge in [0.15, 0.2) is 0 Å². The molecule has 2 aliphatic rings. The van der Waals surface area contributed by atoms with E-state index in [2.05, 4.69) is 6.92 Å². The topological polar surface area (TPSA) is 49.8 Å². The zero-order valence-electron chi connectivity index (χ0n) is 10.8. The van der Waals surface area contributed by atoms with E-state index in [-0.39, 0.29) is 17.9 Å². The van der Waals surface area contributed by atoms with Crippen LogP contribution in [0.2, 0.25) is 0 Å². The van der Waals surface area contributed by atoms with E-state index in [1.54, 1.807) is 0 Å². The third kappa shape index (κ3) is 2.80. The molecule has 2 saturated heterocycles. The maximum absolute atomic E-state index is 12.4. The van der Waals surface area contributed by atoms with E-state index in [1.165, 1.54) is 0 Å². The van der Waals surface area contributed by atoms with Gasteiger partial charge in [-0.3, -0.25) is 4.79 Å². The zero-order valence-corrected chi connectivity index (χ0v) is 10.8. The fourth-order valence-corrected chi connectivity index (χ4v) is 2.98. The summed E-state index contributed by atoms with van der Waals surface area (Å²) in [6.45, 7) is 5.82. The molecule has 17 heavy (non-hydrogen) atoms. The second-order valence-electron chi connectivity index (χ2n) is 5.57. The average Bonchev–Trinajstić information content (AvgIpc) is 2.74. The lowest BCUT2D eigenvalue weighted by Crippen LogP contribution is -2.51. The van der Waals surface area contributed by atoms with Crippen LogP contribution in [0.15, 0.2) is 0 Å². The number of rotatable bonds is 2. The van der Waals surface area contributed by atoms with Gasteiger partial charge in [0.2, 0.25) is 5.91 Å². The van der Waals surface area contributed by atoms with Crippen LogP contribution in [0.5, 0.6) is 0 Å². The van der Waals surface area contributed by atoms with Crippen molar-refractivity contribution >= 4 is 5.91 Å². The molecule has 4 nitrogen and oxygen atoms in total. The Hall–Kier alpha value is -0.610. The monoisotopic (exact) mass is 241 g/mol. The van der Waals surface area contributed by atoms with Crippen LogP contribution in [0.1, 0.15) is 39.5 Å². The van der Waals surface area contributed by atoms with Crippen molar-refractivity contribution in [1.29, 1.82) is 0 Å². The first-order chi connectivity index (χ1) is 8.03. The number of amides is 1. The number of ether oxygens (including phenoxy) is 1. The Morgan fingerprint density at radius 1 is 1.59 bits per heavy atom. The van der Waals surface area contributed by atoms with E-state index in [0.717, 1.165) is 32.2 Å². The van der Waals surface area contributed by atoms with Crippen molar-refractivity contribution < 1.29 is 14.6 Å². The molecule has 0 saturated carbocycles. The normalized spacial score (nSPS) is 38.4. The summed E-state index contributed by atoms with van der Waals surface area (Å²) in [7, 11) is 0. The minimum Gasteiger partial charge on any atom is -0.388 e. The molecule has 0 spiro atoms. The van der Waals surface area contributed by atoms with Gasteiger partial charge in [-0.2, -0.15) is 0 Å². The summed E-state index contributed by atoms with van der Waals surface area (Å²) in [6.07, 6.45) is 3.48. The van der Waals surface area contributed by atoms with E-state index in [9.17, 15) is 9.90 Å². The number of nitrogens with zero attached hydrogens (tertiary/aromatic N) is 1. The third-order valence-electron chi connectivity index (χ3n) is 3.92. The van der Waals surface area contributed by atoms with Crippen LogP contribution in [-0.4, -0.2) is 47.3 Å². The Balaban J connectivity index is 1.99. The van der Waals surface area contributed by atoms with Crippen LogP contribution >= 0.6 is 0 Å². The summed E-state index contributed by atoms with van der Waals surface area (Å²) in [5.74, 6) is 0.184. The van der Waals surface area contributed by atoms with E-state index >= 15 is 0 Å². The van der Waals surface area contributed by atoms with Gasteiger partial charge >= 0.3 is 0 Å². The van der Waals surface area contributed by atoms with Gasteiger partial charge in [-0.1, -0.05) is 6.92 Å². The summed E-state index contributed by atoms with van der Waals surface area (Å²) in [5, 5.41) is 10.0. The second kappa shape index (κ2) is 4.94. The first-order valence-corrected chi connectivity index (χ1v) is 6.66. The van der Waals surface area contributed by atoms with Crippen LogP contribution in [0.25, 0.3) is 0 Å². The molecule has 1 N–H and O–H groups in total. The maximum atomic E-state index is 12.4. The van der Waals surface area contributed by atoms with Crippen molar-refractivity contribution in [3.63, 3.8) is 0 Å². The molecule has 98 valence electrons. The van der Waals surface area contributed by atoms with E-state index in [1.807, 2.05) is 11.8 Å². The lowest BCUT2D eigenvalue weighted by Gasteiger charge is -2.38. The Labute approximate surface area is 103 Å². The standard InChI is InChI=1S/C13H23NO3/c1-3-11-10(5-8-17-11)12(15)14-7-4-6-13(2,16)9-14/h10-11,16H,3-9H2,1-2H3. The Morgan fingerprint density at radius 3 is 3.00 bits per heavy atom. The van der Waals surface area contributed by atoms with Crippen LogP contribution in [0, 0.1) is 5.92 Å². The van der Waals surface area contributed by atoms with Crippen molar-refractivity contribution in [2.24, 2.45) is 5.92 Å². The van der Waals surface area contributed by atoms with Gasteiger partial charge in [-0.25, -0.2) is 0 Å². The highest BCUT2D eigenvalue weighted by atomic mass is 16.5. The molecule has 0 aliphatic carbocycles. The van der Waals surface area contributed by atoms with Gasteiger partial charge < -0.3 is 14.7 Å². The molecule has 0 radical (unpaired) electrons. The predicted octanol–water partition coefficient (Wildman–Crippen LogP) is 1.17. The summed E-state index contributed by atoms with van der Waals surface area (Å²) >= 11 is 0. The molecule has 0 aromatic carbocycles. The minimum atomic E-state index is -0.713. The third-order valence-corrected chi connectivity index (χ3v) is 3.92. The number of hydrogen-bond acceptors (Lipinski definition) is 3. The second-order valence-corrected chi connectivity index (χ2v) is 5.57. The van der Waals surface area contributed by atoms with Crippen LogP contribution in [-0.2, 0) is 9.53 Å². The summed E-state index contributed by atoms with van der Waals surface area (Å²) in [5.41, 5.74) is -0.713. The number of carbonyl (C=O) groups is 1. The van der Waals surface area contributed by atoms with Gasteiger partial charge in [0.05, 0.1) is 17.6 Å². The van der Waals surface area contributed by atoms with Gasteiger partial charge in [-0.15, -0.1) is 0 Å². The number of carbonyl (C=O) groups excluding carboxylic acids is 1. The number of β-amino-alcohol motifs (C(OH)–C–C–N with tert-alkyl or cyclic N) is 1. The van der Waals surface area contributed by atoms with Crippen molar-refractivity contribution in [1.82, 2.24) is 4.90 Å². The molecule has 1 amide bonds. The molecule has 3 unspecified atom stereocenters. The summed E-state index contributed by atoms with van der Waals surface area (Å²) in [6, 6.07) is 0. The fourth-order valence-electron chi connectivity index (χ4n) is 2.98. The smallest absolute Gasteiger partial charge is 0.228 e. The van der Waals surface area contributed by atoms with Crippen LogP contribution in [0.3, 0.4) is 0 Å². The highest BCUT2D eigenvalue weighted by Gasteiger charge is 2.38. The first kappa shape index (κ1) is 12.8. The average molecular weight is 241 g/mol. The van der Waals surface area contributed by atoms with Gasteiger partial charge in [0, 0.05) is 19.7 Å². The number of hydrogen-bond donors (Lipinski definition) is 1. The molecule has 2 fully saturated rings. The lowest BCUT2D eigenvalue weighted by molar-refractivity contribution is -0.143. The Bertz CT molecular complexity index is 290. The molecular formula is C13H23NO3. The molecule has 4 heteroatoms. The van der Waals surface area contributed by atoms with Crippen molar-refractivity contribution in [3.05, 3.63) is 0 Å². The van der Waals surface area contributed by atoms with Gasteiger partial charge in [0.25, 0.3) is 0 Å². The SMILES string of the molecule is CCC1OCCC1C(=O)N1CCCC(C)(O)C1. The molecule has 0 bridgehead atoms. The molecule has 3 atom stereocenters. The van der Waals surface area contributed by atoms with E-state index < -0.39 is 5.60 Å². The molecule has 0 aromatic heterocycles. The van der Waals surface area contributed by atoms with Crippen LogP contribution in [0.4, 0.5) is 0 Å². The van der Waals surface area contributed by atoms with Gasteiger partial charge in [-0.05, 0) is 32.6 Å². The van der Waals surface area contributed by atoms with Crippen LogP contribution < -0.4 is 0 Å². The highest BCUT2D eigenvalue weighted by molar-refractivity contribution is 5.80. The van der Waals surface area contributed by atoms with Crippen molar-refractivity contribution in [3.8, 4) is 0 Å². The summed E-state index contributed by atoms with van der Waals surface area (Å²) < 4.78 is 5.57. The van der Waals surface area contributed by atoms with E-state index in [0.29, 0.717) is 13.2 Å². The molecule has 2 heterocycles. The Morgan fingerprint density at radius 2 is 2.35 bits per heavy atom. The number of aliphatic hydroxyl groups is 1. The maximum Gasteiger partial charge on any atom is 0.228 e.